The number of hydrogen-bond donors (Lipinski definition) is 0. The molecule has 0 aliphatic carbocycles. The third-order valence-electron chi connectivity index (χ3n) is 2.34. The summed E-state index contributed by atoms with van der Waals surface area (Å²) in [5, 5.41) is 1.17. The topological polar surface area (TPSA) is 12.4 Å². The highest BCUT2D eigenvalue weighted by Crippen LogP contribution is 2.18. The summed E-state index contributed by atoms with van der Waals surface area (Å²) in [4.78, 5) is 4.32. The Kier molecular flexibility index (Phi) is 3.87. The zero-order chi connectivity index (χ0) is 12.3. The quantitative estimate of drug-likeness (QED) is 0.582. The molecular weight excluding hydrogens is 252 g/mol. The van der Waals surface area contributed by atoms with Crippen molar-refractivity contribution >= 4 is 47.4 Å². The van der Waals surface area contributed by atoms with Crippen molar-refractivity contribution in [3.05, 3.63) is 59.1 Å². The highest BCUT2D eigenvalue weighted by molar-refractivity contribution is 6.69. The molecule has 0 aromatic heterocycles. The number of nitrogens with zero attached hydrogens (tertiary/aromatic N) is 1. The molecule has 0 aliphatic rings. The summed E-state index contributed by atoms with van der Waals surface area (Å²) >= 11 is 12.0. The van der Waals surface area contributed by atoms with Crippen molar-refractivity contribution in [2.24, 2.45) is 4.99 Å². The van der Waals surface area contributed by atoms with E-state index in [1.165, 1.54) is 5.46 Å². The maximum absolute atomic E-state index is 6.15. The van der Waals surface area contributed by atoms with Crippen LogP contribution < -0.4 is 5.46 Å². The fourth-order valence-electron chi connectivity index (χ4n) is 1.38. The number of benzene rings is 2. The van der Waals surface area contributed by atoms with Gasteiger partial charge in [0.25, 0.3) is 0 Å². The van der Waals surface area contributed by atoms with Crippen LogP contribution in [0.25, 0.3) is 0 Å². The van der Waals surface area contributed by atoms with Crippen molar-refractivity contribution in [2.75, 3.05) is 0 Å². The lowest BCUT2D eigenvalue weighted by atomic mass is 9.95. The molecule has 0 atom stereocenters. The maximum Gasteiger partial charge on any atom is 0.139 e. The molecule has 0 bridgehead atoms. The monoisotopic (exact) mass is 261 g/mol. The molecule has 1 nitrogen and oxygen atoms in total. The third kappa shape index (κ3) is 3.35. The molecule has 0 aliphatic heterocycles. The van der Waals surface area contributed by atoms with Crippen LogP contribution in [0.15, 0.2) is 53.5 Å². The summed E-state index contributed by atoms with van der Waals surface area (Å²) in [5.74, 6) is 0. The van der Waals surface area contributed by atoms with Crippen molar-refractivity contribution in [3.63, 3.8) is 0 Å². The summed E-state index contributed by atoms with van der Waals surface area (Å²) in [6.07, 6.45) is 0. The van der Waals surface area contributed by atoms with Gasteiger partial charge >= 0.3 is 0 Å². The molecular formula is C13H10BCl2N. The molecule has 0 unspecified atom stereocenters. The van der Waals surface area contributed by atoms with Crippen molar-refractivity contribution < 1.29 is 0 Å². The normalized spacial score (nSPS) is 11.5. The molecule has 0 saturated carbocycles. The highest BCUT2D eigenvalue weighted by Gasteiger charge is 1.99. The molecule has 0 radical (unpaired) electrons. The highest BCUT2D eigenvalue weighted by atomic mass is 35.5. The first-order valence-corrected chi connectivity index (χ1v) is 5.97. The zero-order valence-corrected chi connectivity index (χ0v) is 10.8. The van der Waals surface area contributed by atoms with E-state index < -0.39 is 0 Å². The molecule has 84 valence electrons. The Labute approximate surface area is 112 Å². The Balaban J connectivity index is 2.27. The summed E-state index contributed by atoms with van der Waals surface area (Å²) in [6.45, 7) is 0. The van der Waals surface area contributed by atoms with E-state index in [2.05, 4.69) is 4.99 Å². The van der Waals surface area contributed by atoms with E-state index in [1.807, 2.05) is 44.2 Å². The van der Waals surface area contributed by atoms with Crippen LogP contribution in [-0.4, -0.2) is 13.0 Å². The maximum atomic E-state index is 6.15. The second kappa shape index (κ2) is 5.39. The number of aliphatic imine (C=N–C) groups is 1. The zero-order valence-electron chi connectivity index (χ0n) is 9.32. The van der Waals surface area contributed by atoms with Crippen molar-refractivity contribution in [2.45, 2.75) is 0 Å². The lowest BCUT2D eigenvalue weighted by Gasteiger charge is -2.00. The van der Waals surface area contributed by atoms with Gasteiger partial charge in [-0.1, -0.05) is 52.9 Å². The summed E-state index contributed by atoms with van der Waals surface area (Å²) in [7, 11) is 2.04. The molecule has 0 amide bonds. The van der Waals surface area contributed by atoms with Gasteiger partial charge in [0.1, 0.15) is 13.0 Å². The fourth-order valence-corrected chi connectivity index (χ4v) is 1.73. The number of halogens is 2. The van der Waals surface area contributed by atoms with Crippen LogP contribution in [0, 0.1) is 0 Å². The van der Waals surface area contributed by atoms with Crippen molar-refractivity contribution in [1.29, 1.82) is 0 Å². The smallest absolute Gasteiger partial charge is 0.139 e. The van der Waals surface area contributed by atoms with E-state index in [0.717, 1.165) is 11.3 Å². The Morgan fingerprint density at radius 2 is 1.53 bits per heavy atom. The average molecular weight is 262 g/mol. The third-order valence-corrected chi connectivity index (χ3v) is 2.90. The minimum absolute atomic E-state index is 0.479. The van der Waals surface area contributed by atoms with E-state index >= 15 is 0 Å². The standard InChI is InChI=1S/C13H10BCl2N/c14-10-3-1-9(2-4-10)13(16)17-12-7-5-11(15)6-8-12/h1-8H,14H2/b17-13+. The second-order valence-electron chi connectivity index (χ2n) is 3.75. The van der Waals surface area contributed by atoms with Gasteiger partial charge in [-0.15, -0.1) is 0 Å². The summed E-state index contributed by atoms with van der Waals surface area (Å²) in [6, 6.07) is 15.2. The number of hydrogen-bond acceptors (Lipinski definition) is 1. The van der Waals surface area contributed by atoms with Crippen LogP contribution in [0.3, 0.4) is 0 Å². The second-order valence-corrected chi connectivity index (χ2v) is 4.54. The molecule has 17 heavy (non-hydrogen) atoms. The summed E-state index contributed by atoms with van der Waals surface area (Å²) < 4.78 is 0. The van der Waals surface area contributed by atoms with Gasteiger partial charge in [0.2, 0.25) is 0 Å². The summed E-state index contributed by atoms with van der Waals surface area (Å²) in [5.41, 5.74) is 2.90. The lowest BCUT2D eigenvalue weighted by Crippen LogP contribution is -2.01. The first-order chi connectivity index (χ1) is 8.15. The van der Waals surface area contributed by atoms with E-state index in [9.17, 15) is 0 Å². The van der Waals surface area contributed by atoms with Crippen LogP contribution in [0.2, 0.25) is 5.02 Å². The average Bonchev–Trinajstić information content (AvgIpc) is 2.33. The van der Waals surface area contributed by atoms with E-state index in [-0.39, 0.29) is 0 Å². The Hall–Kier alpha value is -1.25. The first kappa shape index (κ1) is 12.2. The van der Waals surface area contributed by atoms with E-state index in [4.69, 9.17) is 23.2 Å². The van der Waals surface area contributed by atoms with Crippen LogP contribution in [0.1, 0.15) is 5.56 Å². The van der Waals surface area contributed by atoms with E-state index in [0.29, 0.717) is 10.2 Å². The van der Waals surface area contributed by atoms with Crippen LogP contribution in [0.4, 0.5) is 5.69 Å². The molecule has 0 saturated heterocycles. The SMILES string of the molecule is Bc1ccc(/C(Cl)=N\c2ccc(Cl)cc2)cc1. The predicted molar refractivity (Wildman–Crippen MR) is 78.1 cm³/mol. The van der Waals surface area contributed by atoms with Crippen molar-refractivity contribution in [3.8, 4) is 0 Å². The first-order valence-electron chi connectivity index (χ1n) is 5.22. The van der Waals surface area contributed by atoms with Gasteiger partial charge in [0, 0.05) is 10.6 Å². The molecule has 0 heterocycles. The van der Waals surface area contributed by atoms with Gasteiger partial charge in [0.15, 0.2) is 0 Å². The lowest BCUT2D eigenvalue weighted by molar-refractivity contribution is 1.52. The minimum atomic E-state index is 0.479. The van der Waals surface area contributed by atoms with Crippen molar-refractivity contribution in [1.82, 2.24) is 0 Å². The van der Waals surface area contributed by atoms with E-state index in [1.54, 1.807) is 12.1 Å². The van der Waals surface area contributed by atoms with Crippen LogP contribution >= 0.6 is 23.2 Å². The van der Waals surface area contributed by atoms with Gasteiger partial charge < -0.3 is 0 Å². The number of rotatable bonds is 2. The minimum Gasteiger partial charge on any atom is -0.236 e. The van der Waals surface area contributed by atoms with Gasteiger partial charge in [-0.25, -0.2) is 4.99 Å². The van der Waals surface area contributed by atoms with Crippen LogP contribution in [-0.2, 0) is 0 Å². The molecule has 0 N–H and O–H groups in total. The Morgan fingerprint density at radius 3 is 2.12 bits per heavy atom. The predicted octanol–water partition coefficient (Wildman–Crippen LogP) is 2.92. The van der Waals surface area contributed by atoms with Gasteiger partial charge in [0.05, 0.1) is 5.69 Å². The van der Waals surface area contributed by atoms with Gasteiger partial charge in [-0.3, -0.25) is 0 Å². The molecule has 0 spiro atoms. The molecule has 2 aromatic rings. The molecule has 4 heteroatoms. The van der Waals surface area contributed by atoms with Gasteiger partial charge in [-0.2, -0.15) is 0 Å². The Morgan fingerprint density at radius 1 is 0.941 bits per heavy atom. The largest absolute Gasteiger partial charge is 0.236 e. The Bertz CT molecular complexity index is 532. The van der Waals surface area contributed by atoms with Gasteiger partial charge in [-0.05, 0) is 24.3 Å². The van der Waals surface area contributed by atoms with Crippen LogP contribution in [0.5, 0.6) is 0 Å². The fraction of sp³-hybridized carbons (Fsp3) is 0. The molecule has 0 fully saturated rings. The molecule has 2 aromatic carbocycles. The molecule has 2 rings (SSSR count).